The fraction of sp³-hybridized carbons (Fsp3) is 0.458. The third kappa shape index (κ3) is 4.76. The lowest BCUT2D eigenvalue weighted by Crippen LogP contribution is -2.36. The number of nitro benzene ring substituents is 1. The van der Waals surface area contributed by atoms with Gasteiger partial charge in [0.15, 0.2) is 0 Å². The third-order valence-corrected chi connectivity index (χ3v) is 6.38. The molecule has 0 aromatic heterocycles. The van der Waals surface area contributed by atoms with Crippen LogP contribution in [0.5, 0.6) is 5.75 Å². The van der Waals surface area contributed by atoms with Crippen molar-refractivity contribution < 1.29 is 19.2 Å². The molecule has 6 nitrogen and oxygen atoms in total. The summed E-state index contributed by atoms with van der Waals surface area (Å²) in [6.45, 7) is 6.51. The van der Waals surface area contributed by atoms with Gasteiger partial charge in [0, 0.05) is 11.6 Å². The fourth-order valence-corrected chi connectivity index (χ4v) is 4.71. The summed E-state index contributed by atoms with van der Waals surface area (Å²) in [5.74, 6) is 1.16. The van der Waals surface area contributed by atoms with Crippen molar-refractivity contribution in [2.75, 3.05) is 7.11 Å². The van der Waals surface area contributed by atoms with Crippen molar-refractivity contribution in [1.29, 1.82) is 0 Å². The second-order valence-electron chi connectivity index (χ2n) is 8.88. The Morgan fingerprint density at radius 1 is 1.16 bits per heavy atom. The summed E-state index contributed by atoms with van der Waals surface area (Å²) in [7, 11) is 3.29. The monoisotopic (exact) mass is 423 g/mol. The van der Waals surface area contributed by atoms with Crippen molar-refractivity contribution in [3.05, 3.63) is 52.1 Å². The van der Waals surface area contributed by atoms with Gasteiger partial charge in [-0.25, -0.2) is 4.79 Å². The Labute approximate surface area is 184 Å². The van der Waals surface area contributed by atoms with Gasteiger partial charge in [0.05, 0.1) is 23.2 Å². The highest BCUT2D eigenvalue weighted by Gasteiger charge is 2.35. The number of hydrogen-bond donors (Lipinski definition) is 0. The van der Waals surface area contributed by atoms with E-state index in [2.05, 4.69) is 20.8 Å². The van der Waals surface area contributed by atoms with Gasteiger partial charge in [0.1, 0.15) is 19.7 Å². The van der Waals surface area contributed by atoms with Crippen molar-refractivity contribution in [3.63, 3.8) is 0 Å². The van der Waals surface area contributed by atoms with E-state index in [1.165, 1.54) is 13.2 Å². The molecule has 3 rings (SSSR count). The number of esters is 1. The first-order valence-electron chi connectivity index (χ1n) is 10.9. The topological polar surface area (TPSA) is 78.7 Å². The summed E-state index contributed by atoms with van der Waals surface area (Å²) < 4.78 is 11.6. The van der Waals surface area contributed by atoms with E-state index in [1.807, 2.05) is 0 Å². The van der Waals surface area contributed by atoms with Gasteiger partial charge in [-0.2, -0.15) is 0 Å². The van der Waals surface area contributed by atoms with Crippen LogP contribution in [0.4, 0.5) is 5.69 Å². The number of ether oxygens (including phenoxy) is 2. The zero-order chi connectivity index (χ0) is 22.7. The van der Waals surface area contributed by atoms with Gasteiger partial charge in [-0.3, -0.25) is 10.1 Å². The molecule has 0 heterocycles. The smallest absolute Gasteiger partial charge is 0.339 e. The van der Waals surface area contributed by atoms with Gasteiger partial charge in [-0.05, 0) is 42.7 Å². The number of hydrogen-bond acceptors (Lipinski definition) is 5. The second kappa shape index (κ2) is 9.54. The standard InChI is InChI=1S/C24H30BNO5/c1-14(2)16-12-11-15(3)13-21(16)31-24(27)17-7-5-10-20(30-4)22(17)23-18(25)8-6-9-19(23)26(28)29/h5-10,14-16,21H,11-13,25H2,1-4H3/t15-,16+,21-/m1/s1. The maximum atomic E-state index is 13.4. The minimum atomic E-state index is -0.462. The van der Waals surface area contributed by atoms with E-state index < -0.39 is 10.9 Å². The van der Waals surface area contributed by atoms with Crippen LogP contribution in [0.15, 0.2) is 36.4 Å². The highest BCUT2D eigenvalue weighted by Crippen LogP contribution is 2.40. The fourth-order valence-electron chi connectivity index (χ4n) is 4.71. The van der Waals surface area contributed by atoms with Crippen LogP contribution in [0.1, 0.15) is 50.4 Å². The predicted octanol–water partition coefficient (Wildman–Crippen LogP) is 4.15. The largest absolute Gasteiger partial charge is 0.496 e. The summed E-state index contributed by atoms with van der Waals surface area (Å²) in [6.07, 6.45) is 2.84. The van der Waals surface area contributed by atoms with Gasteiger partial charge in [-0.15, -0.1) is 0 Å². The molecule has 1 aliphatic rings. The number of methoxy groups -OCH3 is 1. The average molecular weight is 423 g/mol. The molecule has 0 unspecified atom stereocenters. The summed E-state index contributed by atoms with van der Waals surface area (Å²) in [5.41, 5.74) is 1.71. The molecule has 0 bridgehead atoms. The first-order chi connectivity index (χ1) is 14.7. The van der Waals surface area contributed by atoms with Gasteiger partial charge < -0.3 is 9.47 Å². The number of rotatable bonds is 6. The van der Waals surface area contributed by atoms with Crippen LogP contribution in [0.2, 0.25) is 0 Å². The minimum Gasteiger partial charge on any atom is -0.496 e. The molecule has 0 aliphatic heterocycles. The maximum absolute atomic E-state index is 13.4. The summed E-state index contributed by atoms with van der Waals surface area (Å²) in [6, 6.07) is 9.96. The lowest BCUT2D eigenvalue weighted by atomic mass is 9.75. The molecule has 0 radical (unpaired) electrons. The third-order valence-electron chi connectivity index (χ3n) is 6.38. The minimum absolute atomic E-state index is 0.0649. The number of carbonyl (C=O) groups is 1. The van der Waals surface area contributed by atoms with Crippen molar-refractivity contribution in [3.8, 4) is 16.9 Å². The Balaban J connectivity index is 2.08. The van der Waals surface area contributed by atoms with Crippen molar-refractivity contribution >= 4 is 25.0 Å². The first kappa shape index (κ1) is 22.9. The van der Waals surface area contributed by atoms with E-state index in [0.29, 0.717) is 40.1 Å². The number of benzene rings is 2. The Morgan fingerprint density at radius 2 is 1.87 bits per heavy atom. The van der Waals surface area contributed by atoms with Gasteiger partial charge in [-0.1, -0.05) is 50.9 Å². The zero-order valence-corrected chi connectivity index (χ0v) is 18.9. The molecule has 31 heavy (non-hydrogen) atoms. The Kier molecular flexibility index (Phi) is 7.03. The normalized spacial score (nSPS) is 21.0. The molecule has 1 aliphatic carbocycles. The van der Waals surface area contributed by atoms with E-state index in [0.717, 1.165) is 19.3 Å². The number of nitrogens with zero attached hydrogens (tertiary/aromatic N) is 1. The number of nitro groups is 1. The van der Waals surface area contributed by atoms with Crippen LogP contribution in [0, 0.1) is 27.9 Å². The van der Waals surface area contributed by atoms with Crippen LogP contribution in [0.25, 0.3) is 11.1 Å². The lowest BCUT2D eigenvalue weighted by Gasteiger charge is -2.36. The van der Waals surface area contributed by atoms with Gasteiger partial charge >= 0.3 is 5.97 Å². The van der Waals surface area contributed by atoms with Crippen LogP contribution in [-0.2, 0) is 4.74 Å². The molecule has 2 aromatic carbocycles. The van der Waals surface area contributed by atoms with Crippen LogP contribution in [0.3, 0.4) is 0 Å². The molecule has 2 aromatic rings. The van der Waals surface area contributed by atoms with Crippen molar-refractivity contribution in [2.45, 2.75) is 46.1 Å². The Morgan fingerprint density at radius 3 is 2.52 bits per heavy atom. The second-order valence-corrected chi connectivity index (χ2v) is 8.88. The van der Waals surface area contributed by atoms with Gasteiger partial charge in [0.2, 0.25) is 0 Å². The van der Waals surface area contributed by atoms with Crippen molar-refractivity contribution in [1.82, 2.24) is 0 Å². The van der Waals surface area contributed by atoms with Crippen LogP contribution in [-0.4, -0.2) is 32.0 Å². The Bertz CT molecular complexity index is 974. The lowest BCUT2D eigenvalue weighted by molar-refractivity contribution is -0.384. The molecule has 164 valence electrons. The predicted molar refractivity (Wildman–Crippen MR) is 124 cm³/mol. The molecule has 0 spiro atoms. The maximum Gasteiger partial charge on any atom is 0.339 e. The molecule has 1 fully saturated rings. The highest BCUT2D eigenvalue weighted by molar-refractivity contribution is 6.37. The highest BCUT2D eigenvalue weighted by atomic mass is 16.6. The molecular weight excluding hydrogens is 393 g/mol. The quantitative estimate of drug-likeness (QED) is 0.302. The van der Waals surface area contributed by atoms with E-state index in [9.17, 15) is 14.9 Å². The van der Waals surface area contributed by atoms with E-state index >= 15 is 0 Å². The Hall–Kier alpha value is -2.83. The first-order valence-corrected chi connectivity index (χ1v) is 10.9. The summed E-state index contributed by atoms with van der Waals surface area (Å²) in [4.78, 5) is 24.7. The van der Waals surface area contributed by atoms with Crippen LogP contribution < -0.4 is 10.2 Å². The molecule has 0 amide bonds. The molecular formula is C24H30BNO5. The molecule has 0 N–H and O–H groups in total. The average Bonchev–Trinajstić information content (AvgIpc) is 2.72. The summed E-state index contributed by atoms with van der Waals surface area (Å²) >= 11 is 0. The SMILES string of the molecule is Bc1cccc([N+](=O)[O-])c1-c1c(OC)cccc1C(=O)O[C@@H]1C[C@H](C)CC[C@H]1C(C)C. The van der Waals surface area contributed by atoms with E-state index in [-0.39, 0.29) is 17.4 Å². The molecule has 7 heteroatoms. The zero-order valence-electron chi connectivity index (χ0n) is 18.9. The van der Waals surface area contributed by atoms with Crippen LogP contribution >= 0.6 is 0 Å². The summed E-state index contributed by atoms with van der Waals surface area (Å²) in [5, 5.41) is 11.7. The van der Waals surface area contributed by atoms with Crippen molar-refractivity contribution in [2.24, 2.45) is 17.8 Å². The number of carbonyl (C=O) groups excluding carboxylic acids is 1. The molecule has 1 saturated carbocycles. The molecule has 3 atom stereocenters. The van der Waals surface area contributed by atoms with E-state index in [1.54, 1.807) is 38.2 Å². The van der Waals surface area contributed by atoms with Gasteiger partial charge in [0.25, 0.3) is 5.69 Å². The van der Waals surface area contributed by atoms with E-state index in [4.69, 9.17) is 9.47 Å². The molecule has 0 saturated heterocycles.